The van der Waals surface area contributed by atoms with Crippen LogP contribution in [0.25, 0.3) is 22.2 Å². The molecule has 0 unspecified atom stereocenters. The highest BCUT2D eigenvalue weighted by atomic mass is 16.1. The Balaban J connectivity index is 1.84. The van der Waals surface area contributed by atoms with E-state index in [1.54, 1.807) is 0 Å². The van der Waals surface area contributed by atoms with Gasteiger partial charge >= 0.3 is 0 Å². The van der Waals surface area contributed by atoms with Gasteiger partial charge in [-0.15, -0.1) is 0 Å². The van der Waals surface area contributed by atoms with Crippen LogP contribution in [-0.2, 0) is 0 Å². The largest absolute Gasteiger partial charge is 0.322 e. The highest BCUT2D eigenvalue weighted by Gasteiger charge is 2.14. The summed E-state index contributed by atoms with van der Waals surface area (Å²) in [6.45, 7) is 4.07. The lowest BCUT2D eigenvalue weighted by atomic mass is 10.0. The molecule has 4 aromatic rings. The van der Waals surface area contributed by atoms with Crippen molar-refractivity contribution in [1.29, 1.82) is 0 Å². The Morgan fingerprint density at radius 1 is 0.815 bits per heavy atom. The van der Waals surface area contributed by atoms with E-state index in [1.165, 1.54) is 5.56 Å². The van der Waals surface area contributed by atoms with E-state index < -0.39 is 0 Å². The van der Waals surface area contributed by atoms with Gasteiger partial charge in [0.25, 0.3) is 5.91 Å². The lowest BCUT2D eigenvalue weighted by Gasteiger charge is -2.11. The van der Waals surface area contributed by atoms with E-state index in [0.29, 0.717) is 5.56 Å². The van der Waals surface area contributed by atoms with Gasteiger partial charge in [0.05, 0.1) is 16.8 Å². The number of nitrogens with zero attached hydrogens (tertiary/aromatic N) is 1. The van der Waals surface area contributed by atoms with Crippen LogP contribution in [0.4, 0.5) is 5.69 Å². The highest BCUT2D eigenvalue weighted by Crippen LogP contribution is 2.26. The van der Waals surface area contributed by atoms with Crippen molar-refractivity contribution in [2.75, 3.05) is 5.32 Å². The highest BCUT2D eigenvalue weighted by molar-refractivity contribution is 6.13. The number of hydrogen-bond acceptors (Lipinski definition) is 2. The number of fused-ring (bicyclic) bond motifs is 1. The van der Waals surface area contributed by atoms with Gasteiger partial charge < -0.3 is 5.32 Å². The number of rotatable bonds is 3. The molecule has 0 aliphatic carbocycles. The number of hydrogen-bond donors (Lipinski definition) is 1. The summed E-state index contributed by atoms with van der Waals surface area (Å²) in [5.74, 6) is -0.132. The zero-order chi connectivity index (χ0) is 18.8. The van der Waals surface area contributed by atoms with E-state index >= 15 is 0 Å². The molecule has 3 aromatic carbocycles. The second-order valence-corrected chi connectivity index (χ2v) is 6.76. The number of anilines is 1. The molecule has 0 saturated carbocycles. The average molecular weight is 352 g/mol. The van der Waals surface area contributed by atoms with Crippen molar-refractivity contribution < 1.29 is 4.79 Å². The minimum Gasteiger partial charge on any atom is -0.322 e. The van der Waals surface area contributed by atoms with E-state index in [4.69, 9.17) is 4.98 Å². The van der Waals surface area contributed by atoms with Crippen LogP contribution in [0.5, 0.6) is 0 Å². The Labute approximate surface area is 158 Å². The predicted octanol–water partition coefficient (Wildman–Crippen LogP) is 5.77. The zero-order valence-corrected chi connectivity index (χ0v) is 15.4. The van der Waals surface area contributed by atoms with Crippen molar-refractivity contribution in [1.82, 2.24) is 4.98 Å². The predicted molar refractivity (Wildman–Crippen MR) is 111 cm³/mol. The zero-order valence-electron chi connectivity index (χ0n) is 15.4. The van der Waals surface area contributed by atoms with Gasteiger partial charge in [-0.05, 0) is 44.2 Å². The van der Waals surface area contributed by atoms with Crippen LogP contribution < -0.4 is 5.32 Å². The SMILES string of the molecule is Cc1ccc(-c2cc(C(=O)Nc3ccccc3)c3cc(C)ccc3n2)cc1. The normalized spacial score (nSPS) is 10.7. The molecule has 132 valence electrons. The summed E-state index contributed by atoms with van der Waals surface area (Å²) < 4.78 is 0. The maximum Gasteiger partial charge on any atom is 0.256 e. The van der Waals surface area contributed by atoms with Crippen LogP contribution >= 0.6 is 0 Å². The van der Waals surface area contributed by atoms with Gasteiger partial charge in [-0.3, -0.25) is 4.79 Å². The van der Waals surface area contributed by atoms with Crippen molar-refractivity contribution in [3.05, 3.63) is 95.6 Å². The van der Waals surface area contributed by atoms with E-state index in [0.717, 1.165) is 33.4 Å². The molecule has 1 heterocycles. The molecule has 0 fully saturated rings. The van der Waals surface area contributed by atoms with E-state index in [2.05, 4.69) is 24.4 Å². The number of carbonyl (C=O) groups is 1. The van der Waals surface area contributed by atoms with E-state index in [9.17, 15) is 4.79 Å². The van der Waals surface area contributed by atoms with Crippen LogP contribution in [0, 0.1) is 13.8 Å². The third-order valence-electron chi connectivity index (χ3n) is 4.59. The molecule has 3 heteroatoms. The van der Waals surface area contributed by atoms with Gasteiger partial charge in [-0.2, -0.15) is 0 Å². The van der Waals surface area contributed by atoms with Crippen molar-refractivity contribution >= 4 is 22.5 Å². The molecule has 27 heavy (non-hydrogen) atoms. The van der Waals surface area contributed by atoms with E-state index in [-0.39, 0.29) is 5.91 Å². The Morgan fingerprint density at radius 3 is 2.26 bits per heavy atom. The molecule has 0 spiro atoms. The molecule has 0 bridgehead atoms. The molecule has 1 amide bonds. The number of nitrogens with one attached hydrogen (secondary N) is 1. The molecule has 0 aliphatic rings. The van der Waals surface area contributed by atoms with Crippen molar-refractivity contribution in [3.8, 4) is 11.3 Å². The topological polar surface area (TPSA) is 42.0 Å². The molecule has 3 nitrogen and oxygen atoms in total. The van der Waals surface area contributed by atoms with E-state index in [1.807, 2.05) is 73.7 Å². The Bertz CT molecular complexity index is 1120. The third kappa shape index (κ3) is 3.58. The first-order chi connectivity index (χ1) is 13.1. The second-order valence-electron chi connectivity index (χ2n) is 6.76. The van der Waals surface area contributed by atoms with Crippen molar-refractivity contribution in [2.24, 2.45) is 0 Å². The Hall–Kier alpha value is -3.46. The fraction of sp³-hybridized carbons (Fsp3) is 0.0833. The number of aryl methyl sites for hydroxylation is 2. The number of carbonyl (C=O) groups excluding carboxylic acids is 1. The first-order valence-corrected chi connectivity index (χ1v) is 8.95. The van der Waals surface area contributed by atoms with Crippen LogP contribution in [0.15, 0.2) is 78.9 Å². The molecule has 1 aromatic heterocycles. The van der Waals surface area contributed by atoms with Gasteiger partial charge in [0, 0.05) is 16.6 Å². The summed E-state index contributed by atoms with van der Waals surface area (Å²) in [4.78, 5) is 17.8. The van der Waals surface area contributed by atoms with Gasteiger partial charge in [0.1, 0.15) is 0 Å². The van der Waals surface area contributed by atoms with Gasteiger partial charge in [0.15, 0.2) is 0 Å². The van der Waals surface area contributed by atoms with Crippen LogP contribution in [0.3, 0.4) is 0 Å². The van der Waals surface area contributed by atoms with Crippen molar-refractivity contribution in [3.63, 3.8) is 0 Å². The monoisotopic (exact) mass is 352 g/mol. The third-order valence-corrected chi connectivity index (χ3v) is 4.59. The summed E-state index contributed by atoms with van der Waals surface area (Å²) >= 11 is 0. The average Bonchev–Trinajstić information content (AvgIpc) is 2.68. The Kier molecular flexibility index (Phi) is 4.43. The fourth-order valence-electron chi connectivity index (χ4n) is 3.12. The van der Waals surface area contributed by atoms with Gasteiger partial charge in [0.2, 0.25) is 0 Å². The number of pyridine rings is 1. The summed E-state index contributed by atoms with van der Waals surface area (Å²) in [5, 5.41) is 3.85. The fourth-order valence-corrected chi connectivity index (χ4v) is 3.12. The summed E-state index contributed by atoms with van der Waals surface area (Å²) in [7, 11) is 0. The smallest absolute Gasteiger partial charge is 0.256 e. The lowest BCUT2D eigenvalue weighted by Crippen LogP contribution is -2.13. The molecular formula is C24H20N2O. The minimum absolute atomic E-state index is 0.132. The maximum absolute atomic E-state index is 13.0. The van der Waals surface area contributed by atoms with Crippen molar-refractivity contribution in [2.45, 2.75) is 13.8 Å². The first-order valence-electron chi connectivity index (χ1n) is 8.95. The second kappa shape index (κ2) is 7.04. The quantitative estimate of drug-likeness (QED) is 0.508. The number of para-hydroxylation sites is 1. The Morgan fingerprint density at radius 2 is 1.52 bits per heavy atom. The van der Waals surface area contributed by atoms with Crippen LogP contribution in [0.1, 0.15) is 21.5 Å². The van der Waals surface area contributed by atoms with Crippen LogP contribution in [-0.4, -0.2) is 10.9 Å². The summed E-state index contributed by atoms with van der Waals surface area (Å²) in [5.41, 5.74) is 6.30. The minimum atomic E-state index is -0.132. The first kappa shape index (κ1) is 17.0. The maximum atomic E-state index is 13.0. The number of benzene rings is 3. The molecule has 0 saturated heterocycles. The molecule has 1 N–H and O–H groups in total. The molecular weight excluding hydrogens is 332 g/mol. The summed E-state index contributed by atoms with van der Waals surface area (Å²) in [6.07, 6.45) is 0. The molecule has 0 aliphatic heterocycles. The number of amides is 1. The standard InChI is InChI=1S/C24H20N2O/c1-16-8-11-18(12-9-16)23-15-21(20-14-17(2)10-13-22(20)26-23)24(27)25-19-6-4-3-5-7-19/h3-15H,1-2H3,(H,25,27). The van der Waals surface area contributed by atoms with Gasteiger partial charge in [-0.25, -0.2) is 4.98 Å². The number of aromatic nitrogens is 1. The summed E-state index contributed by atoms with van der Waals surface area (Å²) in [6, 6.07) is 25.6. The molecule has 0 atom stereocenters. The molecule has 4 rings (SSSR count). The van der Waals surface area contributed by atoms with Crippen LogP contribution in [0.2, 0.25) is 0 Å². The lowest BCUT2D eigenvalue weighted by molar-refractivity contribution is 0.102. The van der Waals surface area contributed by atoms with Gasteiger partial charge in [-0.1, -0.05) is 59.7 Å². The molecule has 0 radical (unpaired) electrons.